The number of aliphatic hydroxyl groups is 2. The summed E-state index contributed by atoms with van der Waals surface area (Å²) in [5.41, 5.74) is 0. The van der Waals surface area contributed by atoms with Crippen LogP contribution in [0.4, 0.5) is 0 Å². The minimum absolute atomic E-state index is 0.144. The first kappa shape index (κ1) is 19.4. The van der Waals surface area contributed by atoms with Gasteiger partial charge >= 0.3 is 5.97 Å². The lowest BCUT2D eigenvalue weighted by atomic mass is 9.81. The molecule has 0 fully saturated rings. The molecule has 0 aromatic heterocycles. The third-order valence-corrected chi connectivity index (χ3v) is 4.40. The summed E-state index contributed by atoms with van der Waals surface area (Å²) < 4.78 is 5.37. The van der Waals surface area contributed by atoms with E-state index in [-0.39, 0.29) is 29.8 Å². The number of rotatable bonds is 9. The van der Waals surface area contributed by atoms with Gasteiger partial charge in [0.25, 0.3) is 0 Å². The van der Waals surface area contributed by atoms with Crippen molar-refractivity contribution in [2.45, 2.75) is 79.1 Å². The maximum Gasteiger partial charge on any atom is 0.305 e. The molecule has 6 atom stereocenters. The largest absolute Gasteiger partial charge is 0.462 e. The van der Waals surface area contributed by atoms with E-state index in [0.29, 0.717) is 12.8 Å². The van der Waals surface area contributed by atoms with Gasteiger partial charge in [-0.05, 0) is 12.3 Å². The molecule has 0 rings (SSSR count). The molecule has 120 valence electrons. The Balaban J connectivity index is 4.71. The Bertz CT molecular complexity index is 280. The Morgan fingerprint density at radius 2 is 1.50 bits per heavy atom. The number of ether oxygens (including phenoxy) is 1. The number of hydrogen-bond donors (Lipinski definition) is 2. The first-order valence-corrected chi connectivity index (χ1v) is 7.85. The van der Waals surface area contributed by atoms with Gasteiger partial charge in [0.05, 0.1) is 12.2 Å². The van der Waals surface area contributed by atoms with Crippen molar-refractivity contribution in [1.29, 1.82) is 0 Å². The van der Waals surface area contributed by atoms with E-state index in [2.05, 4.69) is 0 Å². The monoisotopic (exact) mass is 288 g/mol. The average Bonchev–Trinajstić information content (AvgIpc) is 2.48. The summed E-state index contributed by atoms with van der Waals surface area (Å²) in [7, 11) is 0. The normalized spacial score (nSPS) is 20.6. The lowest BCUT2D eigenvalue weighted by Crippen LogP contribution is -2.42. The molecule has 0 amide bonds. The van der Waals surface area contributed by atoms with Crippen LogP contribution in [0.1, 0.15) is 60.8 Å². The summed E-state index contributed by atoms with van der Waals surface area (Å²) in [6, 6.07) is 0. The lowest BCUT2D eigenvalue weighted by Gasteiger charge is -2.34. The molecule has 4 nitrogen and oxygen atoms in total. The molecular formula is C16H32O4. The first-order chi connectivity index (χ1) is 9.29. The fourth-order valence-corrected chi connectivity index (χ4v) is 2.48. The average molecular weight is 288 g/mol. The minimum atomic E-state index is -0.686. The van der Waals surface area contributed by atoms with Gasteiger partial charge in [0.15, 0.2) is 0 Å². The van der Waals surface area contributed by atoms with Gasteiger partial charge in [0.2, 0.25) is 0 Å². The molecule has 0 unspecified atom stereocenters. The molecule has 2 N–H and O–H groups in total. The summed E-state index contributed by atoms with van der Waals surface area (Å²) in [6.07, 6.45) is 0.337. The predicted octanol–water partition coefficient (Wildman–Crippen LogP) is 2.76. The van der Waals surface area contributed by atoms with Crippen molar-refractivity contribution in [3.05, 3.63) is 0 Å². The topological polar surface area (TPSA) is 66.8 Å². The molecule has 0 aromatic rings. The minimum Gasteiger partial charge on any atom is -0.462 e. The smallest absolute Gasteiger partial charge is 0.305 e. The highest BCUT2D eigenvalue weighted by atomic mass is 16.5. The van der Waals surface area contributed by atoms with Crippen LogP contribution in [0.2, 0.25) is 0 Å². The van der Waals surface area contributed by atoms with Gasteiger partial charge in [-0.15, -0.1) is 0 Å². The molecule has 20 heavy (non-hydrogen) atoms. The van der Waals surface area contributed by atoms with E-state index in [9.17, 15) is 15.0 Å². The van der Waals surface area contributed by atoms with E-state index in [1.165, 1.54) is 0 Å². The molecule has 0 aromatic carbocycles. The fraction of sp³-hybridized carbons (Fsp3) is 0.938. The van der Waals surface area contributed by atoms with Crippen molar-refractivity contribution in [1.82, 2.24) is 0 Å². The second kappa shape index (κ2) is 9.35. The van der Waals surface area contributed by atoms with Crippen LogP contribution in [0.25, 0.3) is 0 Å². The number of carbonyl (C=O) groups excluding carboxylic acids is 1. The van der Waals surface area contributed by atoms with Crippen molar-refractivity contribution in [2.24, 2.45) is 17.8 Å². The zero-order valence-corrected chi connectivity index (χ0v) is 13.8. The summed E-state index contributed by atoms with van der Waals surface area (Å²) in [5, 5.41) is 20.7. The van der Waals surface area contributed by atoms with Crippen LogP contribution in [-0.2, 0) is 9.53 Å². The third-order valence-electron chi connectivity index (χ3n) is 4.40. The van der Waals surface area contributed by atoms with Gasteiger partial charge in [0, 0.05) is 18.3 Å². The van der Waals surface area contributed by atoms with Crippen LogP contribution < -0.4 is 0 Å². The number of esters is 1. The Kier molecular flexibility index (Phi) is 9.06. The van der Waals surface area contributed by atoms with Crippen molar-refractivity contribution in [3.8, 4) is 0 Å². The van der Waals surface area contributed by atoms with Gasteiger partial charge in [-0.2, -0.15) is 0 Å². The lowest BCUT2D eigenvalue weighted by molar-refractivity contribution is -0.155. The van der Waals surface area contributed by atoms with Crippen LogP contribution in [0, 0.1) is 17.8 Å². The molecule has 0 bridgehead atoms. The molecule has 0 aliphatic heterocycles. The highest BCUT2D eigenvalue weighted by molar-refractivity contribution is 5.69. The Labute approximate surface area is 123 Å². The highest BCUT2D eigenvalue weighted by Gasteiger charge is 2.34. The summed E-state index contributed by atoms with van der Waals surface area (Å²) in [5.74, 6) is -0.533. The second-order valence-electron chi connectivity index (χ2n) is 5.88. The van der Waals surface area contributed by atoms with Gasteiger partial charge in [-0.3, -0.25) is 4.79 Å². The standard InChI is InChI=1S/C16H32O4/c1-7-10(4)15(18)12(6)16(19)11(5)13(8-2)20-14(17)9-3/h10-13,15-16,18-19H,7-9H2,1-6H3/t10-,11-,12-,13-,15-,16+/m0/s1. The summed E-state index contributed by atoms with van der Waals surface area (Å²) in [4.78, 5) is 11.4. The van der Waals surface area contributed by atoms with E-state index in [0.717, 1.165) is 6.42 Å². The highest BCUT2D eigenvalue weighted by Crippen LogP contribution is 2.26. The molecule has 0 spiro atoms. The number of carbonyl (C=O) groups is 1. The Morgan fingerprint density at radius 3 is 1.90 bits per heavy atom. The molecule has 0 aliphatic rings. The summed E-state index contributed by atoms with van der Waals surface area (Å²) in [6.45, 7) is 11.4. The second-order valence-corrected chi connectivity index (χ2v) is 5.88. The molecule has 0 radical (unpaired) electrons. The predicted molar refractivity (Wildman–Crippen MR) is 80.3 cm³/mol. The number of aliphatic hydroxyl groups excluding tert-OH is 2. The van der Waals surface area contributed by atoms with E-state index in [4.69, 9.17) is 4.74 Å². The molecule has 0 aliphatic carbocycles. The zero-order chi connectivity index (χ0) is 15.9. The van der Waals surface area contributed by atoms with E-state index in [1.54, 1.807) is 6.92 Å². The van der Waals surface area contributed by atoms with Gasteiger partial charge in [0.1, 0.15) is 6.10 Å². The maximum absolute atomic E-state index is 11.4. The van der Waals surface area contributed by atoms with Crippen LogP contribution in [0.15, 0.2) is 0 Å². The van der Waals surface area contributed by atoms with Crippen LogP contribution in [0.5, 0.6) is 0 Å². The van der Waals surface area contributed by atoms with Crippen LogP contribution in [0.3, 0.4) is 0 Å². The molecule has 0 heterocycles. The Hall–Kier alpha value is -0.610. The van der Waals surface area contributed by atoms with Gasteiger partial charge in [-0.1, -0.05) is 48.0 Å². The first-order valence-electron chi connectivity index (χ1n) is 7.85. The zero-order valence-electron chi connectivity index (χ0n) is 13.8. The van der Waals surface area contributed by atoms with Crippen LogP contribution >= 0.6 is 0 Å². The number of hydrogen-bond acceptors (Lipinski definition) is 4. The van der Waals surface area contributed by atoms with Crippen molar-refractivity contribution in [2.75, 3.05) is 0 Å². The maximum atomic E-state index is 11.4. The SMILES string of the molecule is CCC(=O)O[C@@H](CC)[C@H](C)[C@@H](O)[C@@H](C)[C@@H](O)[C@@H](C)CC. The van der Waals surface area contributed by atoms with E-state index in [1.807, 2.05) is 34.6 Å². The molecule has 0 saturated heterocycles. The fourth-order valence-electron chi connectivity index (χ4n) is 2.48. The Morgan fingerprint density at radius 1 is 0.950 bits per heavy atom. The van der Waals surface area contributed by atoms with Crippen molar-refractivity contribution >= 4 is 5.97 Å². The summed E-state index contributed by atoms with van der Waals surface area (Å²) >= 11 is 0. The van der Waals surface area contributed by atoms with E-state index < -0.39 is 12.2 Å². The van der Waals surface area contributed by atoms with Crippen molar-refractivity contribution < 1.29 is 19.7 Å². The molecule has 0 saturated carbocycles. The van der Waals surface area contributed by atoms with Crippen LogP contribution in [-0.4, -0.2) is 34.5 Å². The van der Waals surface area contributed by atoms with E-state index >= 15 is 0 Å². The van der Waals surface area contributed by atoms with Gasteiger partial charge in [-0.25, -0.2) is 0 Å². The molecular weight excluding hydrogens is 256 g/mol. The van der Waals surface area contributed by atoms with Crippen molar-refractivity contribution in [3.63, 3.8) is 0 Å². The van der Waals surface area contributed by atoms with Gasteiger partial charge < -0.3 is 14.9 Å². The quantitative estimate of drug-likeness (QED) is 0.640. The third kappa shape index (κ3) is 5.41. The molecule has 4 heteroatoms.